The van der Waals surface area contributed by atoms with Gasteiger partial charge in [-0.05, 0) is 55.7 Å². The summed E-state index contributed by atoms with van der Waals surface area (Å²) in [6.07, 6.45) is 4.28. The average molecular weight is 379 g/mol. The molecule has 28 heavy (non-hydrogen) atoms. The smallest absolute Gasteiger partial charge is 0.277 e. The van der Waals surface area contributed by atoms with Gasteiger partial charge in [0.1, 0.15) is 11.4 Å². The zero-order valence-electron chi connectivity index (χ0n) is 16.5. The van der Waals surface area contributed by atoms with Gasteiger partial charge in [0.05, 0.1) is 12.2 Å². The molecule has 3 rings (SSSR count). The summed E-state index contributed by atoms with van der Waals surface area (Å²) in [5, 5.41) is 0. The van der Waals surface area contributed by atoms with Gasteiger partial charge in [0, 0.05) is 32.5 Å². The Balaban J connectivity index is 1.93. The molecule has 0 bridgehead atoms. The van der Waals surface area contributed by atoms with Crippen LogP contribution in [0.3, 0.4) is 0 Å². The summed E-state index contributed by atoms with van der Waals surface area (Å²) in [5.41, 5.74) is 2.78. The number of carbonyl (C=O) groups is 2. The summed E-state index contributed by atoms with van der Waals surface area (Å²) in [7, 11) is 1.53. The Kier molecular flexibility index (Phi) is 6.09. The molecule has 1 aliphatic rings. The van der Waals surface area contributed by atoms with Crippen LogP contribution < -0.4 is 4.74 Å². The van der Waals surface area contributed by atoms with E-state index >= 15 is 0 Å². The molecule has 0 fully saturated rings. The minimum absolute atomic E-state index is 0.259. The molecule has 0 atom stereocenters. The third-order valence-electron chi connectivity index (χ3n) is 4.83. The number of aromatic nitrogens is 1. The molecule has 0 N–H and O–H groups in total. The number of nitrogens with zero attached hydrogens (tertiary/aromatic N) is 3. The van der Waals surface area contributed by atoms with Crippen LogP contribution in [0.4, 0.5) is 0 Å². The van der Waals surface area contributed by atoms with Crippen molar-refractivity contribution in [2.24, 2.45) is 0 Å². The molecule has 0 unspecified atom stereocenters. The van der Waals surface area contributed by atoms with Crippen molar-refractivity contribution in [3.8, 4) is 5.75 Å². The average Bonchev–Trinajstić information content (AvgIpc) is 2.94. The summed E-state index contributed by atoms with van der Waals surface area (Å²) < 4.78 is 5.48. The number of benzene rings is 1. The summed E-state index contributed by atoms with van der Waals surface area (Å²) >= 11 is 0. The van der Waals surface area contributed by atoms with Gasteiger partial charge in [-0.3, -0.25) is 19.5 Å². The van der Waals surface area contributed by atoms with Crippen molar-refractivity contribution in [3.05, 3.63) is 65.6 Å². The number of hydrogen-bond acceptors (Lipinski definition) is 5. The predicted octanol–water partition coefficient (Wildman–Crippen LogP) is 2.75. The number of imide groups is 1. The van der Waals surface area contributed by atoms with Crippen LogP contribution in [0.5, 0.6) is 5.75 Å². The minimum Gasteiger partial charge on any atom is -0.494 e. The Morgan fingerprint density at radius 3 is 2.29 bits per heavy atom. The van der Waals surface area contributed by atoms with Gasteiger partial charge in [-0.2, -0.15) is 0 Å². The first-order valence-corrected chi connectivity index (χ1v) is 9.50. The molecule has 0 radical (unpaired) electrons. The topological polar surface area (TPSA) is 62.7 Å². The van der Waals surface area contributed by atoms with E-state index in [2.05, 4.69) is 4.98 Å². The van der Waals surface area contributed by atoms with Crippen LogP contribution in [0, 0.1) is 0 Å². The van der Waals surface area contributed by atoms with Gasteiger partial charge in [-0.25, -0.2) is 0 Å². The molecule has 1 aromatic heterocycles. The maximum absolute atomic E-state index is 12.9. The summed E-state index contributed by atoms with van der Waals surface area (Å²) in [6, 6.07) is 11.2. The summed E-state index contributed by atoms with van der Waals surface area (Å²) in [5.74, 6) is 0.209. The predicted molar refractivity (Wildman–Crippen MR) is 107 cm³/mol. The quantitative estimate of drug-likeness (QED) is 0.660. The van der Waals surface area contributed by atoms with Crippen molar-refractivity contribution in [2.75, 3.05) is 26.7 Å². The van der Waals surface area contributed by atoms with Crippen LogP contribution >= 0.6 is 0 Å². The van der Waals surface area contributed by atoms with Gasteiger partial charge in [-0.1, -0.05) is 12.1 Å². The number of pyridine rings is 1. The van der Waals surface area contributed by atoms with Crippen LogP contribution in [0.2, 0.25) is 0 Å². The van der Waals surface area contributed by atoms with Crippen molar-refractivity contribution >= 4 is 17.4 Å². The monoisotopic (exact) mass is 379 g/mol. The van der Waals surface area contributed by atoms with Crippen molar-refractivity contribution in [2.45, 2.75) is 20.3 Å². The standard InChI is InChI=1S/C22H25N3O3/c1-4-25(15-12-16-10-13-23-14-11-16)20-19(21(26)24(3)22(20)27)17-6-8-18(9-7-17)28-5-2/h6-11,13-14H,4-5,12,15H2,1-3H3. The SMILES string of the molecule is CCOc1ccc(C2=C(N(CC)CCc3ccncc3)C(=O)N(C)C2=O)cc1. The van der Waals surface area contributed by atoms with E-state index in [1.54, 1.807) is 12.4 Å². The number of rotatable bonds is 8. The van der Waals surface area contributed by atoms with Gasteiger partial charge in [0.2, 0.25) is 0 Å². The fraction of sp³-hybridized carbons (Fsp3) is 0.318. The highest BCUT2D eigenvalue weighted by atomic mass is 16.5. The zero-order chi connectivity index (χ0) is 20.1. The lowest BCUT2D eigenvalue weighted by Crippen LogP contribution is -2.33. The van der Waals surface area contributed by atoms with Crippen LogP contribution in [0.1, 0.15) is 25.0 Å². The van der Waals surface area contributed by atoms with Crippen molar-refractivity contribution in [1.29, 1.82) is 0 Å². The van der Waals surface area contributed by atoms with E-state index in [4.69, 9.17) is 4.74 Å². The number of hydrogen-bond donors (Lipinski definition) is 0. The maximum atomic E-state index is 12.9. The molecule has 0 saturated heterocycles. The van der Waals surface area contributed by atoms with Crippen LogP contribution in [0.25, 0.3) is 5.57 Å². The molecule has 0 aliphatic carbocycles. The molecule has 0 spiro atoms. The lowest BCUT2D eigenvalue weighted by molar-refractivity contribution is -0.135. The van der Waals surface area contributed by atoms with E-state index in [0.717, 1.165) is 23.3 Å². The fourth-order valence-corrected chi connectivity index (χ4v) is 3.31. The molecule has 146 valence electrons. The second kappa shape index (κ2) is 8.69. The lowest BCUT2D eigenvalue weighted by atomic mass is 10.0. The van der Waals surface area contributed by atoms with E-state index in [1.165, 1.54) is 11.9 Å². The van der Waals surface area contributed by atoms with Gasteiger partial charge in [-0.15, -0.1) is 0 Å². The molecule has 2 heterocycles. The Bertz CT molecular complexity index is 876. The Morgan fingerprint density at radius 1 is 1.00 bits per heavy atom. The normalized spacial score (nSPS) is 14.0. The van der Waals surface area contributed by atoms with Gasteiger partial charge in [0.15, 0.2) is 0 Å². The van der Waals surface area contributed by atoms with Crippen molar-refractivity contribution in [1.82, 2.24) is 14.8 Å². The van der Waals surface area contributed by atoms with Crippen LogP contribution in [-0.4, -0.2) is 53.3 Å². The highest BCUT2D eigenvalue weighted by Gasteiger charge is 2.39. The molecule has 1 aliphatic heterocycles. The highest BCUT2D eigenvalue weighted by Crippen LogP contribution is 2.31. The molecule has 0 saturated carbocycles. The number of ether oxygens (including phenoxy) is 1. The van der Waals surface area contributed by atoms with Crippen LogP contribution in [0.15, 0.2) is 54.5 Å². The molecule has 6 heteroatoms. The van der Waals surface area contributed by atoms with Gasteiger partial charge >= 0.3 is 0 Å². The van der Waals surface area contributed by atoms with Gasteiger partial charge < -0.3 is 9.64 Å². The van der Waals surface area contributed by atoms with Crippen molar-refractivity contribution in [3.63, 3.8) is 0 Å². The number of likely N-dealkylation sites (N-methyl/N-ethyl adjacent to an activating group) is 2. The number of carbonyl (C=O) groups excluding carboxylic acids is 2. The van der Waals surface area contributed by atoms with Gasteiger partial charge in [0.25, 0.3) is 11.8 Å². The molecular weight excluding hydrogens is 354 g/mol. The van der Waals surface area contributed by atoms with E-state index in [9.17, 15) is 9.59 Å². The van der Waals surface area contributed by atoms with E-state index in [0.29, 0.717) is 31.0 Å². The third kappa shape index (κ3) is 3.91. The Hall–Kier alpha value is -3.15. The molecule has 2 aromatic rings. The Morgan fingerprint density at radius 2 is 1.68 bits per heavy atom. The second-order valence-electron chi connectivity index (χ2n) is 6.54. The first-order chi connectivity index (χ1) is 13.6. The van der Waals surface area contributed by atoms with E-state index in [-0.39, 0.29) is 11.8 Å². The lowest BCUT2D eigenvalue weighted by Gasteiger charge is -2.24. The first-order valence-electron chi connectivity index (χ1n) is 9.50. The van der Waals surface area contributed by atoms with E-state index in [1.807, 2.05) is 55.1 Å². The highest BCUT2D eigenvalue weighted by molar-refractivity contribution is 6.35. The van der Waals surface area contributed by atoms with E-state index < -0.39 is 0 Å². The maximum Gasteiger partial charge on any atom is 0.277 e. The molecule has 6 nitrogen and oxygen atoms in total. The number of amides is 2. The van der Waals surface area contributed by atoms with Crippen molar-refractivity contribution < 1.29 is 14.3 Å². The first kappa shape index (κ1) is 19.6. The fourth-order valence-electron chi connectivity index (χ4n) is 3.31. The molecule has 2 amide bonds. The zero-order valence-corrected chi connectivity index (χ0v) is 16.5. The molecule has 1 aromatic carbocycles. The van der Waals surface area contributed by atoms with Crippen LogP contribution in [-0.2, 0) is 16.0 Å². The second-order valence-corrected chi connectivity index (χ2v) is 6.54. The minimum atomic E-state index is -0.272. The molecular formula is C22H25N3O3. The Labute approximate surface area is 165 Å². The largest absolute Gasteiger partial charge is 0.494 e. The summed E-state index contributed by atoms with van der Waals surface area (Å²) in [6.45, 7) is 5.76. The third-order valence-corrected chi connectivity index (χ3v) is 4.83. The summed E-state index contributed by atoms with van der Waals surface area (Å²) in [4.78, 5) is 32.9.